The maximum atomic E-state index is 4.39. The summed E-state index contributed by atoms with van der Waals surface area (Å²) in [5.74, 6) is 1.00. The van der Waals surface area contributed by atoms with Crippen molar-refractivity contribution in [1.82, 2.24) is 10.2 Å². The van der Waals surface area contributed by atoms with Crippen LogP contribution in [0.25, 0.3) is 0 Å². The lowest BCUT2D eigenvalue weighted by Gasteiger charge is -2.15. The van der Waals surface area contributed by atoms with E-state index in [4.69, 9.17) is 0 Å². The molecule has 1 heterocycles. The van der Waals surface area contributed by atoms with Gasteiger partial charge in [0.1, 0.15) is 0 Å². The summed E-state index contributed by atoms with van der Waals surface area (Å²) in [5.41, 5.74) is 2.55. The molecule has 86 valence electrons. The van der Waals surface area contributed by atoms with Crippen LogP contribution in [0, 0.1) is 6.92 Å². The molecule has 1 aliphatic heterocycles. The van der Waals surface area contributed by atoms with Crippen LogP contribution in [0.4, 0.5) is 0 Å². The summed E-state index contributed by atoms with van der Waals surface area (Å²) in [5, 5.41) is 3.35. The van der Waals surface area contributed by atoms with Gasteiger partial charge >= 0.3 is 0 Å². The first-order valence-corrected chi connectivity index (χ1v) is 6.20. The van der Waals surface area contributed by atoms with Crippen LogP contribution in [0.1, 0.15) is 11.1 Å². The molecule has 0 bridgehead atoms. The fraction of sp³-hybridized carbons (Fsp3) is 0.417. The highest BCUT2D eigenvalue weighted by Crippen LogP contribution is 2.16. The molecule has 0 radical (unpaired) electrons. The molecule has 0 aromatic heterocycles. The summed E-state index contributed by atoms with van der Waals surface area (Å²) in [6, 6.07) is 6.40. The molecule has 1 aliphatic rings. The first-order valence-electron chi connectivity index (χ1n) is 5.41. The number of hydrogen-bond donors (Lipinski definition) is 1. The summed E-state index contributed by atoms with van der Waals surface area (Å²) in [7, 11) is 2.06. The Hall–Kier alpha value is -1.03. The largest absolute Gasteiger partial charge is 0.352 e. The van der Waals surface area contributed by atoms with E-state index in [-0.39, 0.29) is 0 Å². The standard InChI is InChI=1S/C12H16BrN3/c1-9-7-10(3-4-11(9)13)8-15-12-14-5-6-16(12)2/h3-4,7H,5-6,8H2,1-2H3,(H,14,15). The average Bonchev–Trinajstić information content (AvgIpc) is 2.66. The van der Waals surface area contributed by atoms with Gasteiger partial charge in [-0.1, -0.05) is 28.1 Å². The maximum Gasteiger partial charge on any atom is 0.194 e. The van der Waals surface area contributed by atoms with Crippen molar-refractivity contribution in [3.8, 4) is 0 Å². The smallest absolute Gasteiger partial charge is 0.194 e. The molecular weight excluding hydrogens is 266 g/mol. The Morgan fingerprint density at radius 1 is 1.50 bits per heavy atom. The maximum absolute atomic E-state index is 4.39. The van der Waals surface area contributed by atoms with E-state index in [2.05, 4.69) is 63.3 Å². The molecule has 1 N–H and O–H groups in total. The van der Waals surface area contributed by atoms with Crippen molar-refractivity contribution in [2.24, 2.45) is 4.99 Å². The van der Waals surface area contributed by atoms with Crippen molar-refractivity contribution >= 4 is 21.9 Å². The molecule has 1 aromatic carbocycles. The summed E-state index contributed by atoms with van der Waals surface area (Å²) >= 11 is 3.50. The first-order chi connectivity index (χ1) is 7.66. The van der Waals surface area contributed by atoms with Crippen LogP contribution >= 0.6 is 15.9 Å². The molecular formula is C12H16BrN3. The van der Waals surface area contributed by atoms with Crippen LogP contribution in [0.5, 0.6) is 0 Å². The van der Waals surface area contributed by atoms with Gasteiger partial charge in [-0.15, -0.1) is 0 Å². The van der Waals surface area contributed by atoms with Gasteiger partial charge in [0.05, 0.1) is 6.54 Å². The first kappa shape index (κ1) is 11.5. The van der Waals surface area contributed by atoms with Crippen molar-refractivity contribution in [3.05, 3.63) is 33.8 Å². The Balaban J connectivity index is 1.97. The van der Waals surface area contributed by atoms with Gasteiger partial charge < -0.3 is 10.2 Å². The third kappa shape index (κ3) is 2.55. The Kier molecular flexibility index (Phi) is 3.49. The van der Waals surface area contributed by atoms with E-state index >= 15 is 0 Å². The van der Waals surface area contributed by atoms with E-state index in [1.165, 1.54) is 11.1 Å². The van der Waals surface area contributed by atoms with Crippen LogP contribution < -0.4 is 5.32 Å². The molecule has 0 amide bonds. The molecule has 0 aliphatic carbocycles. The number of benzene rings is 1. The fourth-order valence-corrected chi connectivity index (χ4v) is 1.97. The Labute approximate surface area is 105 Å². The number of aliphatic imine (C=N–C) groups is 1. The topological polar surface area (TPSA) is 27.6 Å². The molecule has 0 saturated carbocycles. The molecule has 3 nitrogen and oxygen atoms in total. The fourth-order valence-electron chi connectivity index (χ4n) is 1.72. The van der Waals surface area contributed by atoms with Crippen molar-refractivity contribution in [2.45, 2.75) is 13.5 Å². The van der Waals surface area contributed by atoms with Crippen molar-refractivity contribution in [1.29, 1.82) is 0 Å². The minimum atomic E-state index is 0.831. The lowest BCUT2D eigenvalue weighted by atomic mass is 10.1. The second kappa shape index (κ2) is 4.87. The van der Waals surface area contributed by atoms with E-state index in [1.807, 2.05) is 0 Å². The van der Waals surface area contributed by atoms with Crippen LogP contribution in [-0.2, 0) is 6.54 Å². The molecule has 0 atom stereocenters. The second-order valence-corrected chi connectivity index (χ2v) is 4.92. The van der Waals surface area contributed by atoms with Gasteiger partial charge in [0.25, 0.3) is 0 Å². The number of hydrogen-bond acceptors (Lipinski definition) is 3. The SMILES string of the molecule is Cc1cc(CNC2=NCCN2C)ccc1Br. The van der Waals surface area contributed by atoms with Gasteiger partial charge in [-0.05, 0) is 24.1 Å². The molecule has 0 unspecified atom stereocenters. The highest BCUT2D eigenvalue weighted by Gasteiger charge is 2.11. The van der Waals surface area contributed by atoms with Gasteiger partial charge in [0, 0.05) is 24.6 Å². The number of aryl methyl sites for hydroxylation is 1. The van der Waals surface area contributed by atoms with Crippen molar-refractivity contribution in [3.63, 3.8) is 0 Å². The minimum Gasteiger partial charge on any atom is -0.352 e. The average molecular weight is 282 g/mol. The summed E-state index contributed by atoms with van der Waals surface area (Å²) < 4.78 is 1.16. The number of halogens is 1. The number of nitrogens with zero attached hydrogens (tertiary/aromatic N) is 2. The van der Waals surface area contributed by atoms with Gasteiger partial charge in [0.2, 0.25) is 0 Å². The Morgan fingerprint density at radius 3 is 2.94 bits per heavy atom. The van der Waals surface area contributed by atoms with Gasteiger partial charge in [-0.3, -0.25) is 4.99 Å². The molecule has 1 aromatic rings. The van der Waals surface area contributed by atoms with Gasteiger partial charge in [-0.25, -0.2) is 0 Å². The van der Waals surface area contributed by atoms with Crippen LogP contribution in [0.2, 0.25) is 0 Å². The predicted octanol–water partition coefficient (Wildman–Crippen LogP) is 2.15. The zero-order valence-corrected chi connectivity index (χ0v) is 11.2. The second-order valence-electron chi connectivity index (χ2n) is 4.06. The molecule has 2 rings (SSSR count). The lowest BCUT2D eigenvalue weighted by Crippen LogP contribution is -2.35. The Morgan fingerprint density at radius 2 is 2.31 bits per heavy atom. The highest BCUT2D eigenvalue weighted by atomic mass is 79.9. The third-order valence-electron chi connectivity index (χ3n) is 2.73. The Bertz CT molecular complexity index is 415. The normalized spacial score (nSPS) is 15.2. The van der Waals surface area contributed by atoms with Gasteiger partial charge in [-0.2, -0.15) is 0 Å². The number of likely N-dealkylation sites (N-methyl/N-ethyl adjacent to an activating group) is 1. The molecule has 16 heavy (non-hydrogen) atoms. The summed E-state index contributed by atoms with van der Waals surface area (Å²) in [6.07, 6.45) is 0. The van der Waals surface area contributed by atoms with Crippen LogP contribution in [0.3, 0.4) is 0 Å². The molecule has 0 fully saturated rings. The van der Waals surface area contributed by atoms with E-state index in [0.717, 1.165) is 30.1 Å². The predicted molar refractivity (Wildman–Crippen MR) is 70.7 cm³/mol. The summed E-state index contributed by atoms with van der Waals surface area (Å²) in [4.78, 5) is 6.54. The molecule has 4 heteroatoms. The minimum absolute atomic E-state index is 0.831. The lowest BCUT2D eigenvalue weighted by molar-refractivity contribution is 0.534. The number of guanidine groups is 1. The van der Waals surface area contributed by atoms with Gasteiger partial charge in [0.15, 0.2) is 5.96 Å². The molecule has 0 saturated heterocycles. The monoisotopic (exact) mass is 281 g/mol. The number of nitrogens with one attached hydrogen (secondary N) is 1. The van der Waals surface area contributed by atoms with E-state index in [0.29, 0.717) is 0 Å². The van der Waals surface area contributed by atoms with Crippen LogP contribution in [-0.4, -0.2) is 31.0 Å². The van der Waals surface area contributed by atoms with Crippen molar-refractivity contribution < 1.29 is 0 Å². The number of rotatable bonds is 2. The van der Waals surface area contributed by atoms with E-state index < -0.39 is 0 Å². The van der Waals surface area contributed by atoms with E-state index in [1.54, 1.807) is 0 Å². The zero-order valence-electron chi connectivity index (χ0n) is 9.63. The van der Waals surface area contributed by atoms with Crippen LogP contribution in [0.15, 0.2) is 27.7 Å². The molecule has 0 spiro atoms. The zero-order chi connectivity index (χ0) is 11.5. The summed E-state index contributed by atoms with van der Waals surface area (Å²) in [6.45, 7) is 4.85. The van der Waals surface area contributed by atoms with E-state index in [9.17, 15) is 0 Å². The third-order valence-corrected chi connectivity index (χ3v) is 3.62. The highest BCUT2D eigenvalue weighted by molar-refractivity contribution is 9.10. The quantitative estimate of drug-likeness (QED) is 0.900. The van der Waals surface area contributed by atoms with Crippen molar-refractivity contribution in [2.75, 3.05) is 20.1 Å².